The van der Waals surface area contributed by atoms with E-state index < -0.39 is 11.6 Å². The number of carboxylic acid groups (broad SMARTS) is 1. The van der Waals surface area contributed by atoms with Gasteiger partial charge in [0.2, 0.25) is 0 Å². The van der Waals surface area contributed by atoms with Crippen molar-refractivity contribution in [1.29, 1.82) is 0 Å². The van der Waals surface area contributed by atoms with Crippen LogP contribution in [0.15, 0.2) is 48.7 Å². The third-order valence-corrected chi connectivity index (χ3v) is 7.41. The lowest BCUT2D eigenvalue weighted by Gasteiger charge is -2.39. The molecule has 0 saturated carbocycles. The van der Waals surface area contributed by atoms with Gasteiger partial charge < -0.3 is 14.9 Å². The Balaban J connectivity index is 1.40. The van der Waals surface area contributed by atoms with Crippen LogP contribution < -0.4 is 4.90 Å². The first-order valence-corrected chi connectivity index (χ1v) is 12.9. The van der Waals surface area contributed by atoms with Gasteiger partial charge >= 0.3 is 6.09 Å². The minimum atomic E-state index is -0.846. The van der Waals surface area contributed by atoms with E-state index in [0.717, 1.165) is 63.3 Å². The molecule has 0 atom stereocenters. The van der Waals surface area contributed by atoms with Gasteiger partial charge in [-0.05, 0) is 86.4 Å². The third-order valence-electron chi connectivity index (χ3n) is 6.74. The highest BCUT2D eigenvalue weighted by atomic mass is 127. The number of fused-ring (bicyclic) bond motifs is 2. The van der Waals surface area contributed by atoms with Gasteiger partial charge in [0.05, 0.1) is 11.2 Å². The number of halogens is 1. The number of benzene rings is 1. The Morgan fingerprint density at radius 2 is 1.91 bits per heavy atom. The zero-order valence-electron chi connectivity index (χ0n) is 20.1. The van der Waals surface area contributed by atoms with Gasteiger partial charge in [-0.2, -0.15) is 0 Å². The molecule has 1 amide bonds. The normalized spacial score (nSPS) is 15.1. The van der Waals surface area contributed by atoms with Crippen molar-refractivity contribution < 1.29 is 9.90 Å². The van der Waals surface area contributed by atoms with Crippen molar-refractivity contribution in [1.82, 2.24) is 24.5 Å². The van der Waals surface area contributed by atoms with Crippen LogP contribution in [0.3, 0.4) is 0 Å². The molecule has 0 radical (unpaired) electrons. The summed E-state index contributed by atoms with van der Waals surface area (Å²) >= 11 is 2.27. The average Bonchev–Trinajstić information content (AvgIpc) is 3.24. The summed E-state index contributed by atoms with van der Waals surface area (Å²) in [6, 6.07) is 14.4. The largest absolute Gasteiger partial charge is 0.465 e. The number of amides is 1. The summed E-state index contributed by atoms with van der Waals surface area (Å²) in [5.74, 6) is 1.08. The Kier molecular flexibility index (Phi) is 6.29. The number of para-hydroxylation sites is 1. The van der Waals surface area contributed by atoms with E-state index in [-0.39, 0.29) is 0 Å². The average molecular weight is 584 g/mol. The summed E-state index contributed by atoms with van der Waals surface area (Å²) in [5, 5.41) is 19.5. The van der Waals surface area contributed by atoms with Gasteiger partial charge in [0.1, 0.15) is 5.69 Å². The molecular weight excluding hydrogens is 555 g/mol. The lowest BCUT2D eigenvalue weighted by molar-refractivity contribution is 0.0852. The van der Waals surface area contributed by atoms with Crippen LogP contribution >= 0.6 is 22.6 Å². The van der Waals surface area contributed by atoms with Crippen molar-refractivity contribution in [3.63, 3.8) is 0 Å². The summed E-state index contributed by atoms with van der Waals surface area (Å²) in [6.45, 7) is 8.18. The molecule has 4 aromatic rings. The van der Waals surface area contributed by atoms with Crippen molar-refractivity contribution >= 4 is 50.9 Å². The van der Waals surface area contributed by atoms with E-state index in [1.54, 1.807) is 4.90 Å². The van der Waals surface area contributed by atoms with Gasteiger partial charge in [0.15, 0.2) is 11.5 Å². The minimum absolute atomic E-state index is 0.352. The highest BCUT2D eigenvalue weighted by Gasteiger charge is 2.30. The second kappa shape index (κ2) is 9.25. The molecular formula is C26H29IN6O2. The number of piperidine rings is 1. The van der Waals surface area contributed by atoms with Gasteiger partial charge in [-0.25, -0.2) is 9.78 Å². The smallest absolute Gasteiger partial charge is 0.407 e. The molecule has 0 bridgehead atoms. The van der Waals surface area contributed by atoms with E-state index in [9.17, 15) is 9.90 Å². The maximum atomic E-state index is 11.8. The summed E-state index contributed by atoms with van der Waals surface area (Å²) in [5.41, 5.74) is 3.25. The van der Waals surface area contributed by atoms with Crippen molar-refractivity contribution in [3.8, 4) is 11.5 Å². The molecule has 1 fully saturated rings. The molecule has 3 aromatic heterocycles. The van der Waals surface area contributed by atoms with E-state index in [0.29, 0.717) is 12.5 Å². The van der Waals surface area contributed by atoms with E-state index in [1.165, 1.54) is 0 Å². The number of carbonyl (C=O) groups is 1. The molecule has 1 aliphatic rings. The van der Waals surface area contributed by atoms with Crippen LogP contribution in [0.1, 0.15) is 33.6 Å². The number of nitrogens with zero attached hydrogens (tertiary/aromatic N) is 6. The van der Waals surface area contributed by atoms with Crippen LogP contribution in [0.5, 0.6) is 0 Å². The minimum Gasteiger partial charge on any atom is -0.465 e. The zero-order valence-corrected chi connectivity index (χ0v) is 22.3. The Morgan fingerprint density at radius 3 is 2.63 bits per heavy atom. The SMILES string of the molecule is CC(C)(C)N(CC1CCN(c2cccc3ccc(-c4nnc5cc(I)ccn45)nc23)CC1)C(=O)O. The van der Waals surface area contributed by atoms with Crippen molar-refractivity contribution in [2.45, 2.75) is 39.2 Å². The first-order valence-electron chi connectivity index (χ1n) is 11.9. The molecule has 8 nitrogen and oxygen atoms in total. The molecule has 0 aliphatic carbocycles. The molecule has 5 rings (SSSR count). The maximum absolute atomic E-state index is 11.8. The highest BCUT2D eigenvalue weighted by Crippen LogP contribution is 2.32. The van der Waals surface area contributed by atoms with Gasteiger partial charge in [0.25, 0.3) is 0 Å². The second-order valence-corrected chi connectivity index (χ2v) is 11.4. The predicted molar refractivity (Wildman–Crippen MR) is 146 cm³/mol. The van der Waals surface area contributed by atoms with Gasteiger partial charge in [-0.15, -0.1) is 10.2 Å². The molecule has 0 unspecified atom stereocenters. The van der Waals surface area contributed by atoms with Crippen molar-refractivity contribution in [2.75, 3.05) is 24.5 Å². The van der Waals surface area contributed by atoms with Crippen LogP contribution in [0, 0.1) is 9.49 Å². The fourth-order valence-corrected chi connectivity index (χ4v) is 5.24. The molecule has 35 heavy (non-hydrogen) atoms. The highest BCUT2D eigenvalue weighted by molar-refractivity contribution is 14.1. The Labute approximate surface area is 218 Å². The lowest BCUT2D eigenvalue weighted by Crippen LogP contribution is -2.49. The van der Waals surface area contributed by atoms with Crippen LogP contribution in [0.25, 0.3) is 28.1 Å². The predicted octanol–water partition coefficient (Wildman–Crippen LogP) is 5.54. The maximum Gasteiger partial charge on any atom is 0.407 e. The molecule has 1 aliphatic heterocycles. The van der Waals surface area contributed by atoms with E-state index in [1.807, 2.05) is 49.6 Å². The molecule has 1 aromatic carbocycles. The van der Waals surface area contributed by atoms with E-state index >= 15 is 0 Å². The fraction of sp³-hybridized carbons (Fsp3) is 0.385. The number of hydrogen-bond acceptors (Lipinski definition) is 5. The fourth-order valence-electron chi connectivity index (χ4n) is 4.81. The van der Waals surface area contributed by atoms with Crippen molar-refractivity contribution in [3.05, 3.63) is 52.2 Å². The molecule has 0 spiro atoms. The standard InChI is InChI=1S/C26H29IN6O2/c1-26(2,3)33(25(34)35)16-17-9-12-31(13-10-17)21-6-4-5-18-7-8-20(28-23(18)21)24-30-29-22-15-19(27)11-14-32(22)24/h4-8,11,14-15,17H,9-10,12-13,16H2,1-3H3,(H,34,35). The molecule has 9 heteroatoms. The van der Waals surface area contributed by atoms with E-state index in [2.05, 4.69) is 62.0 Å². The van der Waals surface area contributed by atoms with Gasteiger partial charge in [-0.1, -0.05) is 18.2 Å². The molecule has 1 N–H and O–H groups in total. The van der Waals surface area contributed by atoms with E-state index in [4.69, 9.17) is 4.98 Å². The van der Waals surface area contributed by atoms with Gasteiger partial charge in [-0.3, -0.25) is 4.40 Å². The topological polar surface area (TPSA) is 86.9 Å². The third kappa shape index (κ3) is 4.78. The number of aromatic nitrogens is 4. The first-order chi connectivity index (χ1) is 16.7. The van der Waals surface area contributed by atoms with Crippen LogP contribution in [0.2, 0.25) is 0 Å². The number of pyridine rings is 2. The molecule has 182 valence electrons. The van der Waals surface area contributed by atoms with Crippen LogP contribution in [0.4, 0.5) is 10.5 Å². The summed E-state index contributed by atoms with van der Waals surface area (Å²) in [4.78, 5) is 20.8. The molecule has 4 heterocycles. The number of hydrogen-bond donors (Lipinski definition) is 1. The first kappa shape index (κ1) is 23.8. The van der Waals surface area contributed by atoms with Crippen LogP contribution in [-0.4, -0.2) is 60.9 Å². The van der Waals surface area contributed by atoms with Gasteiger partial charge in [0, 0.05) is 40.3 Å². The summed E-state index contributed by atoms with van der Waals surface area (Å²) in [7, 11) is 0. The monoisotopic (exact) mass is 584 g/mol. The quantitative estimate of drug-likeness (QED) is 0.317. The summed E-state index contributed by atoms with van der Waals surface area (Å²) < 4.78 is 3.08. The second-order valence-electron chi connectivity index (χ2n) is 10.1. The Bertz CT molecular complexity index is 1390. The Morgan fingerprint density at radius 1 is 1.14 bits per heavy atom. The Hall–Kier alpha value is -2.95. The zero-order chi connectivity index (χ0) is 24.7. The lowest BCUT2D eigenvalue weighted by atomic mass is 9.93. The summed E-state index contributed by atoms with van der Waals surface area (Å²) in [6.07, 6.45) is 3.03. The number of anilines is 1. The van der Waals surface area contributed by atoms with Crippen molar-refractivity contribution in [2.24, 2.45) is 5.92 Å². The molecule has 1 saturated heterocycles. The number of rotatable bonds is 4. The van der Waals surface area contributed by atoms with Crippen LogP contribution in [-0.2, 0) is 0 Å².